The van der Waals surface area contributed by atoms with E-state index < -0.39 is 10.0 Å². The molecule has 0 heterocycles. The summed E-state index contributed by atoms with van der Waals surface area (Å²) in [6, 6.07) is 7.43. The van der Waals surface area contributed by atoms with E-state index in [2.05, 4.69) is 0 Å². The van der Waals surface area contributed by atoms with Crippen LogP contribution in [0.5, 0.6) is 0 Å². The highest BCUT2D eigenvalue weighted by atomic mass is 32.2. The first-order valence-electron chi connectivity index (χ1n) is 7.29. The number of nitrogens with zero attached hydrogens (tertiary/aromatic N) is 1. The minimum atomic E-state index is -3.27. The highest BCUT2D eigenvalue weighted by molar-refractivity contribution is 7.92. The molecular weight excluding hydrogens is 272 g/mol. The van der Waals surface area contributed by atoms with E-state index in [-0.39, 0.29) is 5.75 Å². The van der Waals surface area contributed by atoms with E-state index in [4.69, 9.17) is 5.73 Å². The molecule has 112 valence electrons. The molecule has 5 heteroatoms. The Hall–Kier alpha value is -1.07. The molecule has 0 aromatic heterocycles. The average Bonchev–Trinajstić information content (AvgIpc) is 2.47. The van der Waals surface area contributed by atoms with Gasteiger partial charge in [0.25, 0.3) is 0 Å². The van der Waals surface area contributed by atoms with Crippen molar-refractivity contribution in [2.24, 2.45) is 11.7 Å². The van der Waals surface area contributed by atoms with Gasteiger partial charge < -0.3 is 5.73 Å². The monoisotopic (exact) mass is 296 g/mol. The van der Waals surface area contributed by atoms with E-state index in [0.29, 0.717) is 18.2 Å². The zero-order valence-electron chi connectivity index (χ0n) is 12.1. The lowest BCUT2D eigenvalue weighted by Gasteiger charge is -2.26. The second-order valence-corrected chi connectivity index (χ2v) is 7.63. The molecule has 1 aliphatic carbocycles. The summed E-state index contributed by atoms with van der Waals surface area (Å²) >= 11 is 0. The minimum absolute atomic E-state index is 0.252. The molecule has 2 rings (SSSR count). The maximum absolute atomic E-state index is 12.6. The number of anilines is 1. The summed E-state index contributed by atoms with van der Waals surface area (Å²) in [5, 5.41) is 0. The molecule has 0 atom stereocenters. The average molecular weight is 296 g/mol. The molecule has 0 amide bonds. The summed E-state index contributed by atoms with van der Waals surface area (Å²) in [5.41, 5.74) is 7.26. The molecule has 1 aromatic rings. The molecule has 1 saturated carbocycles. The zero-order chi connectivity index (χ0) is 14.6. The Balaban J connectivity index is 2.15. The molecule has 1 fully saturated rings. The van der Waals surface area contributed by atoms with Gasteiger partial charge in [0, 0.05) is 13.6 Å². The summed E-state index contributed by atoms with van der Waals surface area (Å²) in [6.07, 6.45) is 5.62. The molecule has 4 nitrogen and oxygen atoms in total. The lowest BCUT2D eigenvalue weighted by Crippen LogP contribution is -2.33. The smallest absolute Gasteiger partial charge is 0.235 e. The first kappa shape index (κ1) is 15.3. The van der Waals surface area contributed by atoms with Gasteiger partial charge in [0.1, 0.15) is 0 Å². The van der Waals surface area contributed by atoms with Crippen LogP contribution in [0, 0.1) is 5.92 Å². The van der Waals surface area contributed by atoms with Crippen molar-refractivity contribution in [1.82, 2.24) is 0 Å². The fourth-order valence-corrected chi connectivity index (χ4v) is 4.53. The molecule has 1 aliphatic rings. The van der Waals surface area contributed by atoms with Gasteiger partial charge >= 0.3 is 0 Å². The molecule has 2 N–H and O–H groups in total. The van der Waals surface area contributed by atoms with Crippen LogP contribution in [-0.2, 0) is 16.6 Å². The number of sulfonamides is 1. The van der Waals surface area contributed by atoms with Gasteiger partial charge in [0.2, 0.25) is 10.0 Å². The van der Waals surface area contributed by atoms with E-state index in [1.54, 1.807) is 7.05 Å². The van der Waals surface area contributed by atoms with Gasteiger partial charge in [-0.3, -0.25) is 4.31 Å². The topological polar surface area (TPSA) is 63.4 Å². The van der Waals surface area contributed by atoms with E-state index in [1.165, 1.54) is 10.7 Å². The van der Waals surface area contributed by atoms with Crippen molar-refractivity contribution in [2.75, 3.05) is 17.1 Å². The third kappa shape index (κ3) is 3.52. The maximum atomic E-state index is 12.6. The summed E-state index contributed by atoms with van der Waals surface area (Å²) < 4.78 is 26.5. The van der Waals surface area contributed by atoms with Crippen LogP contribution in [0.15, 0.2) is 24.3 Å². The number of para-hydroxylation sites is 1. The molecule has 20 heavy (non-hydrogen) atoms. The Bertz CT molecular complexity index is 537. The maximum Gasteiger partial charge on any atom is 0.235 e. The van der Waals surface area contributed by atoms with Crippen molar-refractivity contribution in [3.05, 3.63) is 29.8 Å². The Morgan fingerprint density at radius 1 is 1.20 bits per heavy atom. The fourth-order valence-electron chi connectivity index (χ4n) is 2.90. The van der Waals surface area contributed by atoms with Crippen LogP contribution in [0.1, 0.15) is 37.7 Å². The van der Waals surface area contributed by atoms with Crippen LogP contribution in [0.2, 0.25) is 0 Å². The van der Waals surface area contributed by atoms with Crippen molar-refractivity contribution in [3.8, 4) is 0 Å². The van der Waals surface area contributed by atoms with Crippen molar-refractivity contribution in [1.29, 1.82) is 0 Å². The van der Waals surface area contributed by atoms with Gasteiger partial charge in [-0.05, 0) is 30.4 Å². The van der Waals surface area contributed by atoms with E-state index in [0.717, 1.165) is 31.2 Å². The Morgan fingerprint density at radius 3 is 2.50 bits per heavy atom. The van der Waals surface area contributed by atoms with E-state index in [9.17, 15) is 8.42 Å². The Kier molecular flexibility index (Phi) is 5.05. The predicted molar refractivity (Wildman–Crippen MR) is 83.1 cm³/mol. The van der Waals surface area contributed by atoms with Gasteiger partial charge in [-0.2, -0.15) is 0 Å². The van der Waals surface area contributed by atoms with Crippen molar-refractivity contribution in [3.63, 3.8) is 0 Å². The SMILES string of the molecule is CN(c1ccccc1CN)S(=O)(=O)CC1CCCCC1. The quantitative estimate of drug-likeness (QED) is 0.908. The highest BCUT2D eigenvalue weighted by Gasteiger charge is 2.26. The summed E-state index contributed by atoms with van der Waals surface area (Å²) in [6.45, 7) is 0.347. The Morgan fingerprint density at radius 2 is 1.85 bits per heavy atom. The van der Waals surface area contributed by atoms with Crippen LogP contribution in [0.4, 0.5) is 5.69 Å². The second kappa shape index (κ2) is 6.59. The molecular formula is C15H24N2O2S. The molecule has 0 bridgehead atoms. The summed E-state index contributed by atoms with van der Waals surface area (Å²) in [4.78, 5) is 0. The van der Waals surface area contributed by atoms with Crippen LogP contribution in [0.25, 0.3) is 0 Å². The van der Waals surface area contributed by atoms with Gasteiger partial charge in [-0.25, -0.2) is 8.42 Å². The third-order valence-electron chi connectivity index (χ3n) is 4.14. The lowest BCUT2D eigenvalue weighted by atomic mass is 9.91. The largest absolute Gasteiger partial charge is 0.326 e. The summed E-state index contributed by atoms with van der Waals surface area (Å²) in [5.74, 6) is 0.559. The first-order chi connectivity index (χ1) is 9.54. The van der Waals surface area contributed by atoms with Crippen molar-refractivity contribution >= 4 is 15.7 Å². The summed E-state index contributed by atoms with van der Waals surface area (Å²) in [7, 11) is -1.64. The lowest BCUT2D eigenvalue weighted by molar-refractivity contribution is 0.385. The predicted octanol–water partition coefficient (Wildman–Crippen LogP) is 2.49. The normalized spacial score (nSPS) is 17.1. The van der Waals surface area contributed by atoms with E-state index >= 15 is 0 Å². The van der Waals surface area contributed by atoms with Gasteiger partial charge in [0.15, 0.2) is 0 Å². The Labute approximate surface area is 122 Å². The van der Waals surface area contributed by atoms with Crippen LogP contribution in [-0.4, -0.2) is 21.2 Å². The fraction of sp³-hybridized carbons (Fsp3) is 0.600. The number of hydrogen-bond acceptors (Lipinski definition) is 3. The highest BCUT2D eigenvalue weighted by Crippen LogP contribution is 2.28. The number of benzene rings is 1. The number of nitrogens with two attached hydrogens (primary N) is 1. The molecule has 0 saturated heterocycles. The molecule has 0 spiro atoms. The molecule has 1 aromatic carbocycles. The van der Waals surface area contributed by atoms with Crippen LogP contribution < -0.4 is 10.0 Å². The van der Waals surface area contributed by atoms with Crippen LogP contribution in [0.3, 0.4) is 0 Å². The zero-order valence-corrected chi connectivity index (χ0v) is 12.9. The second-order valence-electron chi connectivity index (χ2n) is 5.58. The number of hydrogen-bond donors (Lipinski definition) is 1. The molecule has 0 unspecified atom stereocenters. The molecule has 0 radical (unpaired) electrons. The van der Waals surface area contributed by atoms with Gasteiger partial charge in [0.05, 0.1) is 11.4 Å². The third-order valence-corrected chi connectivity index (χ3v) is 6.06. The van der Waals surface area contributed by atoms with E-state index in [1.807, 2.05) is 24.3 Å². The first-order valence-corrected chi connectivity index (χ1v) is 8.90. The van der Waals surface area contributed by atoms with Crippen molar-refractivity contribution < 1.29 is 8.42 Å². The van der Waals surface area contributed by atoms with Crippen LogP contribution >= 0.6 is 0 Å². The standard InChI is InChI=1S/C15H24N2O2S/c1-17(15-10-6-5-9-14(15)11-16)20(18,19)12-13-7-3-2-4-8-13/h5-6,9-10,13H,2-4,7-8,11-12,16H2,1H3. The number of rotatable bonds is 5. The minimum Gasteiger partial charge on any atom is -0.326 e. The van der Waals surface area contributed by atoms with Crippen molar-refractivity contribution in [2.45, 2.75) is 38.6 Å². The van der Waals surface area contributed by atoms with Gasteiger partial charge in [-0.15, -0.1) is 0 Å². The van der Waals surface area contributed by atoms with Gasteiger partial charge in [-0.1, -0.05) is 37.5 Å². The molecule has 0 aliphatic heterocycles.